The average Bonchev–Trinajstić information content (AvgIpc) is 2.29. The molecule has 0 spiro atoms. The van der Waals surface area contributed by atoms with Gasteiger partial charge in [-0.1, -0.05) is 6.08 Å². The van der Waals surface area contributed by atoms with E-state index >= 15 is 0 Å². The minimum atomic E-state index is -0.248. The lowest BCUT2D eigenvalue weighted by Crippen LogP contribution is -2.34. The Morgan fingerprint density at radius 3 is 2.58 bits per heavy atom. The molecule has 0 radical (unpaired) electrons. The molecule has 0 amide bonds. The summed E-state index contributed by atoms with van der Waals surface area (Å²) in [5, 5.41) is 0. The number of fused-ring (bicyclic) bond motifs is 3. The average molecular weight is 323 g/mol. The van der Waals surface area contributed by atoms with Crippen molar-refractivity contribution in [1.29, 1.82) is 0 Å². The Hall–Kier alpha value is -0.960. The monoisotopic (exact) mass is 322 g/mol. The van der Waals surface area contributed by atoms with Crippen molar-refractivity contribution >= 4 is 22.0 Å². The van der Waals surface area contributed by atoms with Crippen LogP contribution < -0.4 is 9.47 Å². The molecule has 3 heteroatoms. The third-order valence-corrected chi connectivity index (χ3v) is 4.28. The fraction of sp³-hybridized carbons (Fsp3) is 0.500. The Kier molecular flexibility index (Phi) is 2.76. The molecule has 0 unspecified atom stereocenters. The van der Waals surface area contributed by atoms with E-state index in [1.807, 2.05) is 0 Å². The second kappa shape index (κ2) is 4.02. The summed E-state index contributed by atoms with van der Waals surface area (Å²) in [5.74, 6) is 1.93. The number of ether oxygens (including phenoxy) is 2. The lowest BCUT2D eigenvalue weighted by molar-refractivity contribution is 0.0796. The number of hydrogen-bond acceptors (Lipinski definition) is 2. The molecule has 0 atom stereocenters. The predicted molar refractivity (Wildman–Crippen MR) is 80.9 cm³/mol. The van der Waals surface area contributed by atoms with E-state index in [1.165, 1.54) is 5.56 Å². The quantitative estimate of drug-likeness (QED) is 0.687. The van der Waals surface area contributed by atoms with Crippen LogP contribution in [0.15, 0.2) is 16.6 Å². The highest BCUT2D eigenvalue weighted by molar-refractivity contribution is 9.10. The van der Waals surface area contributed by atoms with Crippen LogP contribution in [0.3, 0.4) is 0 Å². The second-order valence-corrected chi connectivity index (χ2v) is 7.34. The Balaban J connectivity index is 2.15. The van der Waals surface area contributed by atoms with Crippen LogP contribution in [0.2, 0.25) is 0 Å². The van der Waals surface area contributed by atoms with Gasteiger partial charge in [-0.3, -0.25) is 0 Å². The molecule has 2 aliphatic rings. The summed E-state index contributed by atoms with van der Waals surface area (Å²) in [4.78, 5) is 0. The first-order valence-corrected chi connectivity index (χ1v) is 7.49. The van der Waals surface area contributed by atoms with Crippen LogP contribution in [0.4, 0.5) is 0 Å². The van der Waals surface area contributed by atoms with Gasteiger partial charge in [0.1, 0.15) is 22.7 Å². The van der Waals surface area contributed by atoms with Gasteiger partial charge in [-0.15, -0.1) is 0 Å². The van der Waals surface area contributed by atoms with Crippen molar-refractivity contribution in [2.75, 3.05) is 0 Å². The first kappa shape index (κ1) is 13.0. The SMILES string of the molecule is CC1(C)C=Cc2cc(Br)c3c(c2O1)CCC(C)(C)O3. The molecule has 2 aliphatic heterocycles. The Morgan fingerprint density at radius 2 is 1.84 bits per heavy atom. The Labute approximate surface area is 122 Å². The van der Waals surface area contributed by atoms with E-state index in [9.17, 15) is 0 Å². The number of rotatable bonds is 0. The van der Waals surface area contributed by atoms with Gasteiger partial charge in [-0.05, 0) is 68.6 Å². The van der Waals surface area contributed by atoms with Crippen molar-refractivity contribution in [3.05, 3.63) is 27.7 Å². The van der Waals surface area contributed by atoms with Crippen molar-refractivity contribution in [2.45, 2.75) is 51.7 Å². The summed E-state index contributed by atoms with van der Waals surface area (Å²) < 4.78 is 13.3. The summed E-state index contributed by atoms with van der Waals surface area (Å²) in [6, 6.07) is 2.08. The molecule has 0 bridgehead atoms. The third-order valence-electron chi connectivity index (χ3n) is 3.69. The van der Waals surface area contributed by atoms with Crippen LogP contribution >= 0.6 is 15.9 Å². The summed E-state index contributed by atoms with van der Waals surface area (Å²) in [5.41, 5.74) is 1.97. The standard InChI is InChI=1S/C16H19BrO2/c1-15(2)7-5-10-9-12(17)14-11(13(10)18-15)6-8-16(3,4)19-14/h5,7,9H,6,8H2,1-4H3. The summed E-state index contributed by atoms with van der Waals surface area (Å²) in [7, 11) is 0. The zero-order valence-electron chi connectivity index (χ0n) is 11.8. The first-order chi connectivity index (χ1) is 8.77. The number of halogens is 1. The van der Waals surface area contributed by atoms with Gasteiger partial charge >= 0.3 is 0 Å². The lowest BCUT2D eigenvalue weighted by atomic mass is 9.91. The topological polar surface area (TPSA) is 18.5 Å². The molecule has 1 aromatic rings. The van der Waals surface area contributed by atoms with Crippen LogP contribution in [-0.4, -0.2) is 11.2 Å². The van der Waals surface area contributed by atoms with E-state index in [0.29, 0.717) is 0 Å². The number of hydrogen-bond donors (Lipinski definition) is 0. The molecule has 19 heavy (non-hydrogen) atoms. The summed E-state index contributed by atoms with van der Waals surface area (Å²) in [6.45, 7) is 8.42. The normalized spacial score (nSPS) is 21.9. The molecule has 1 aromatic carbocycles. The summed E-state index contributed by atoms with van der Waals surface area (Å²) >= 11 is 3.63. The number of benzene rings is 1. The predicted octanol–water partition coefficient (Wildman–Crippen LogP) is 4.74. The molecule has 0 aliphatic carbocycles. The smallest absolute Gasteiger partial charge is 0.141 e. The maximum absolute atomic E-state index is 6.15. The maximum atomic E-state index is 6.15. The first-order valence-electron chi connectivity index (χ1n) is 6.70. The highest BCUT2D eigenvalue weighted by Gasteiger charge is 2.33. The molecule has 3 rings (SSSR count). The van der Waals surface area contributed by atoms with Crippen molar-refractivity contribution < 1.29 is 9.47 Å². The van der Waals surface area contributed by atoms with Gasteiger partial charge < -0.3 is 9.47 Å². The minimum Gasteiger partial charge on any atom is -0.486 e. The van der Waals surface area contributed by atoms with Crippen molar-refractivity contribution in [2.24, 2.45) is 0 Å². The van der Waals surface area contributed by atoms with E-state index < -0.39 is 0 Å². The maximum Gasteiger partial charge on any atom is 0.141 e. The zero-order valence-corrected chi connectivity index (χ0v) is 13.4. The van der Waals surface area contributed by atoms with E-state index in [1.54, 1.807) is 0 Å². The van der Waals surface area contributed by atoms with Crippen LogP contribution in [0.5, 0.6) is 11.5 Å². The Morgan fingerprint density at radius 1 is 1.11 bits per heavy atom. The summed E-state index contributed by atoms with van der Waals surface area (Å²) in [6.07, 6.45) is 6.25. The van der Waals surface area contributed by atoms with Crippen LogP contribution in [0.1, 0.15) is 45.2 Å². The fourth-order valence-corrected chi connectivity index (χ4v) is 3.18. The second-order valence-electron chi connectivity index (χ2n) is 6.49. The molecular weight excluding hydrogens is 304 g/mol. The molecule has 2 nitrogen and oxygen atoms in total. The van der Waals surface area contributed by atoms with Gasteiger partial charge in [-0.25, -0.2) is 0 Å². The van der Waals surface area contributed by atoms with E-state index in [0.717, 1.165) is 34.4 Å². The molecule has 0 saturated heterocycles. The molecule has 2 heterocycles. The van der Waals surface area contributed by atoms with E-state index in [2.05, 4.69) is 61.8 Å². The van der Waals surface area contributed by atoms with E-state index in [4.69, 9.17) is 9.47 Å². The molecule has 0 N–H and O–H groups in total. The third kappa shape index (κ3) is 2.29. The molecule has 0 fully saturated rings. The molecule has 0 aromatic heterocycles. The Bertz CT molecular complexity index is 571. The largest absolute Gasteiger partial charge is 0.486 e. The van der Waals surface area contributed by atoms with Gasteiger partial charge in [0.2, 0.25) is 0 Å². The molecule has 102 valence electrons. The van der Waals surface area contributed by atoms with E-state index in [-0.39, 0.29) is 11.2 Å². The van der Waals surface area contributed by atoms with Crippen molar-refractivity contribution in [3.63, 3.8) is 0 Å². The zero-order chi connectivity index (χ0) is 13.8. The van der Waals surface area contributed by atoms with Gasteiger partial charge in [0.25, 0.3) is 0 Å². The van der Waals surface area contributed by atoms with Crippen LogP contribution in [0, 0.1) is 0 Å². The molecular formula is C16H19BrO2. The highest BCUT2D eigenvalue weighted by atomic mass is 79.9. The lowest BCUT2D eigenvalue weighted by Gasteiger charge is -2.37. The van der Waals surface area contributed by atoms with Gasteiger partial charge in [-0.2, -0.15) is 0 Å². The van der Waals surface area contributed by atoms with Crippen molar-refractivity contribution in [3.8, 4) is 11.5 Å². The van der Waals surface area contributed by atoms with Gasteiger partial charge in [0, 0.05) is 11.1 Å². The molecule has 0 saturated carbocycles. The minimum absolute atomic E-state index is 0.107. The van der Waals surface area contributed by atoms with Crippen molar-refractivity contribution in [1.82, 2.24) is 0 Å². The van der Waals surface area contributed by atoms with Gasteiger partial charge in [0.05, 0.1) is 4.47 Å². The fourth-order valence-electron chi connectivity index (χ4n) is 2.61. The van der Waals surface area contributed by atoms with Crippen LogP contribution in [0.25, 0.3) is 6.08 Å². The highest BCUT2D eigenvalue weighted by Crippen LogP contribution is 2.47. The van der Waals surface area contributed by atoms with Gasteiger partial charge in [0.15, 0.2) is 0 Å². The van der Waals surface area contributed by atoms with Crippen LogP contribution in [-0.2, 0) is 6.42 Å².